The lowest BCUT2D eigenvalue weighted by atomic mass is 10.1. The Kier molecular flexibility index (Phi) is 4.39. The van der Waals surface area contributed by atoms with Crippen LogP contribution in [0.2, 0.25) is 0 Å². The minimum absolute atomic E-state index is 0.144. The maximum Gasteiger partial charge on any atom is 0.435 e. The van der Waals surface area contributed by atoms with Crippen molar-refractivity contribution in [2.24, 2.45) is 0 Å². The van der Waals surface area contributed by atoms with Gasteiger partial charge in [-0.15, -0.1) is 0 Å². The molecule has 154 valence electrons. The van der Waals surface area contributed by atoms with E-state index in [1.54, 1.807) is 24.7 Å². The lowest BCUT2D eigenvalue weighted by Crippen LogP contribution is -2.38. The van der Waals surface area contributed by atoms with Gasteiger partial charge < -0.3 is 9.64 Å². The van der Waals surface area contributed by atoms with Gasteiger partial charge in [-0.05, 0) is 24.3 Å². The summed E-state index contributed by atoms with van der Waals surface area (Å²) in [6.07, 6.45) is 1.97. The van der Waals surface area contributed by atoms with E-state index in [2.05, 4.69) is 30.2 Å². The fourth-order valence-electron chi connectivity index (χ4n) is 3.47. The minimum atomic E-state index is -4.53. The Morgan fingerprint density at radius 1 is 1.13 bits per heavy atom. The molecule has 1 unspecified atom stereocenters. The first-order valence-electron chi connectivity index (χ1n) is 9.23. The van der Waals surface area contributed by atoms with Crippen LogP contribution in [0, 0.1) is 0 Å². The van der Waals surface area contributed by atoms with Gasteiger partial charge in [-0.25, -0.2) is 14.5 Å². The molecule has 30 heavy (non-hydrogen) atoms. The molecule has 0 saturated carbocycles. The maximum absolute atomic E-state index is 13.1. The summed E-state index contributed by atoms with van der Waals surface area (Å²) in [4.78, 5) is 10.7. The number of aromatic amines is 1. The highest BCUT2D eigenvalue weighted by atomic mass is 19.4. The molecular formula is C19H16F3N7O. The first-order chi connectivity index (χ1) is 14.5. The van der Waals surface area contributed by atoms with Crippen molar-refractivity contribution in [3.05, 3.63) is 60.3 Å². The van der Waals surface area contributed by atoms with Crippen LogP contribution in [0.1, 0.15) is 17.4 Å². The molecule has 4 aromatic rings. The largest absolute Gasteiger partial charge is 0.435 e. The minimum Gasteiger partial charge on any atom is -0.370 e. The fraction of sp³-hybridized carbons (Fsp3) is 0.263. The fourth-order valence-corrected chi connectivity index (χ4v) is 3.47. The average molecular weight is 415 g/mol. The molecule has 1 atom stereocenters. The van der Waals surface area contributed by atoms with Gasteiger partial charge in [-0.2, -0.15) is 23.4 Å². The number of pyridine rings is 1. The van der Waals surface area contributed by atoms with Crippen molar-refractivity contribution in [1.29, 1.82) is 0 Å². The number of halogens is 3. The standard InChI is InChI=1S/C19H16F3N7O/c20-19(21,22)16-1-2-17-24-10-14(29(17)27-16)12-3-4-23-18(7-12)28-5-6-30-15(11-28)13-8-25-26-9-13/h1-4,7-10,15H,5-6,11H2,(H,25,26). The summed E-state index contributed by atoms with van der Waals surface area (Å²) < 4.78 is 46.3. The Morgan fingerprint density at radius 2 is 2.03 bits per heavy atom. The second kappa shape index (κ2) is 7.10. The number of fused-ring (bicyclic) bond motifs is 1. The number of hydrogen-bond acceptors (Lipinski definition) is 6. The predicted octanol–water partition coefficient (Wildman–Crippen LogP) is 3.11. The van der Waals surface area contributed by atoms with Crippen molar-refractivity contribution in [2.45, 2.75) is 12.3 Å². The van der Waals surface area contributed by atoms with Crippen LogP contribution in [0.3, 0.4) is 0 Å². The van der Waals surface area contributed by atoms with E-state index in [4.69, 9.17) is 4.74 Å². The van der Waals surface area contributed by atoms with Crippen molar-refractivity contribution < 1.29 is 17.9 Å². The van der Waals surface area contributed by atoms with Gasteiger partial charge in [0.1, 0.15) is 11.9 Å². The lowest BCUT2D eigenvalue weighted by molar-refractivity contribution is -0.141. The van der Waals surface area contributed by atoms with Crippen LogP contribution < -0.4 is 4.90 Å². The molecule has 1 N–H and O–H groups in total. The second-order valence-corrected chi connectivity index (χ2v) is 6.87. The number of hydrogen-bond donors (Lipinski definition) is 1. The van der Waals surface area contributed by atoms with Crippen molar-refractivity contribution in [3.8, 4) is 11.3 Å². The number of nitrogens with one attached hydrogen (secondary N) is 1. The molecule has 0 amide bonds. The number of ether oxygens (including phenoxy) is 1. The summed E-state index contributed by atoms with van der Waals surface area (Å²) in [5, 5.41) is 10.5. The van der Waals surface area contributed by atoms with E-state index in [9.17, 15) is 13.2 Å². The second-order valence-electron chi connectivity index (χ2n) is 6.87. The van der Waals surface area contributed by atoms with Gasteiger partial charge in [0.2, 0.25) is 0 Å². The summed E-state index contributed by atoms with van der Waals surface area (Å²) in [6, 6.07) is 5.78. The van der Waals surface area contributed by atoms with Crippen molar-refractivity contribution in [2.75, 3.05) is 24.6 Å². The number of nitrogens with zero attached hydrogens (tertiary/aromatic N) is 6. The molecule has 0 aromatic carbocycles. The molecular weight excluding hydrogens is 399 g/mol. The number of alkyl halides is 3. The topological polar surface area (TPSA) is 84.2 Å². The summed E-state index contributed by atoms with van der Waals surface area (Å²) in [6.45, 7) is 1.75. The zero-order chi connectivity index (χ0) is 20.7. The number of morpholine rings is 1. The van der Waals surface area contributed by atoms with Gasteiger partial charge in [0.05, 0.1) is 24.7 Å². The van der Waals surface area contributed by atoms with Crippen LogP contribution in [0.5, 0.6) is 0 Å². The molecule has 0 bridgehead atoms. The van der Waals surface area contributed by atoms with Crippen LogP contribution in [0.15, 0.2) is 49.1 Å². The number of imidazole rings is 1. The monoisotopic (exact) mass is 415 g/mol. The van der Waals surface area contributed by atoms with Crippen LogP contribution in [-0.4, -0.2) is 49.5 Å². The van der Waals surface area contributed by atoms with E-state index in [-0.39, 0.29) is 6.10 Å². The molecule has 5 rings (SSSR count). The molecule has 5 heterocycles. The Hall–Kier alpha value is -3.47. The summed E-state index contributed by atoms with van der Waals surface area (Å²) in [5.74, 6) is 0.700. The molecule has 0 radical (unpaired) electrons. The SMILES string of the molecule is FC(F)(F)c1ccc2ncc(-c3ccnc(N4CCOC(c5cn[nH]c5)C4)c3)n2n1. The number of aromatic nitrogens is 6. The van der Waals surface area contributed by atoms with Crippen LogP contribution in [0.25, 0.3) is 16.9 Å². The molecule has 1 fully saturated rings. The van der Waals surface area contributed by atoms with Crippen LogP contribution >= 0.6 is 0 Å². The molecule has 4 aromatic heterocycles. The molecule has 8 nitrogen and oxygen atoms in total. The molecule has 1 aliphatic heterocycles. The summed E-state index contributed by atoms with van der Waals surface area (Å²) >= 11 is 0. The highest BCUT2D eigenvalue weighted by Gasteiger charge is 2.33. The highest BCUT2D eigenvalue weighted by molar-refractivity contribution is 5.66. The predicted molar refractivity (Wildman–Crippen MR) is 101 cm³/mol. The summed E-state index contributed by atoms with van der Waals surface area (Å²) in [5.41, 5.74) is 1.44. The third-order valence-electron chi connectivity index (χ3n) is 4.98. The first-order valence-corrected chi connectivity index (χ1v) is 9.23. The lowest BCUT2D eigenvalue weighted by Gasteiger charge is -2.33. The van der Waals surface area contributed by atoms with E-state index in [1.165, 1.54) is 16.8 Å². The zero-order valence-corrected chi connectivity index (χ0v) is 15.5. The molecule has 0 aliphatic carbocycles. The smallest absolute Gasteiger partial charge is 0.370 e. The van der Waals surface area contributed by atoms with Crippen LogP contribution in [0.4, 0.5) is 19.0 Å². The number of anilines is 1. The van der Waals surface area contributed by atoms with Gasteiger partial charge in [-0.3, -0.25) is 5.10 Å². The third kappa shape index (κ3) is 3.36. The van der Waals surface area contributed by atoms with Gasteiger partial charge >= 0.3 is 6.18 Å². The third-order valence-corrected chi connectivity index (χ3v) is 4.98. The van der Waals surface area contributed by atoms with Crippen molar-refractivity contribution in [1.82, 2.24) is 29.8 Å². The number of H-pyrrole nitrogens is 1. The Morgan fingerprint density at radius 3 is 2.83 bits per heavy atom. The van der Waals surface area contributed by atoms with E-state index in [0.717, 1.165) is 11.6 Å². The average Bonchev–Trinajstić information content (AvgIpc) is 3.43. The maximum atomic E-state index is 13.1. The van der Waals surface area contributed by atoms with Crippen molar-refractivity contribution in [3.63, 3.8) is 0 Å². The number of rotatable bonds is 3. The Bertz CT molecular complexity index is 1170. The highest BCUT2D eigenvalue weighted by Crippen LogP contribution is 2.30. The molecule has 0 spiro atoms. The van der Waals surface area contributed by atoms with Gasteiger partial charge in [-0.1, -0.05) is 0 Å². The molecule has 11 heteroatoms. The van der Waals surface area contributed by atoms with Gasteiger partial charge in [0.15, 0.2) is 11.3 Å². The van der Waals surface area contributed by atoms with Crippen molar-refractivity contribution >= 4 is 11.5 Å². The normalized spacial score (nSPS) is 17.6. The molecule has 1 saturated heterocycles. The van der Waals surface area contributed by atoms with Crippen LogP contribution in [-0.2, 0) is 10.9 Å². The van der Waals surface area contributed by atoms with Gasteiger partial charge in [0.25, 0.3) is 0 Å². The Labute approximate surface area is 168 Å². The van der Waals surface area contributed by atoms with E-state index < -0.39 is 11.9 Å². The Balaban J connectivity index is 1.48. The van der Waals surface area contributed by atoms with E-state index in [1.807, 2.05) is 6.07 Å². The quantitative estimate of drug-likeness (QED) is 0.554. The van der Waals surface area contributed by atoms with E-state index >= 15 is 0 Å². The first kappa shape index (κ1) is 18.6. The zero-order valence-electron chi connectivity index (χ0n) is 15.5. The van der Waals surface area contributed by atoms with E-state index in [0.29, 0.717) is 42.4 Å². The van der Waals surface area contributed by atoms with Gasteiger partial charge in [0, 0.05) is 36.6 Å². The summed E-state index contributed by atoms with van der Waals surface area (Å²) in [7, 11) is 0. The molecule has 1 aliphatic rings.